The van der Waals surface area contributed by atoms with Crippen molar-refractivity contribution in [3.8, 4) is 0 Å². The highest BCUT2D eigenvalue weighted by atomic mass is 16.3. The highest BCUT2D eigenvalue weighted by Crippen LogP contribution is 2.21. The molecule has 0 aromatic carbocycles. The summed E-state index contributed by atoms with van der Waals surface area (Å²) >= 11 is 0. The quantitative estimate of drug-likeness (QED) is 0.582. The molecule has 1 aliphatic heterocycles. The summed E-state index contributed by atoms with van der Waals surface area (Å²) < 4.78 is 0. The maximum absolute atomic E-state index is 8.97. The lowest BCUT2D eigenvalue weighted by molar-refractivity contribution is 0.181. The van der Waals surface area contributed by atoms with Crippen LogP contribution in [0.5, 0.6) is 0 Å². The van der Waals surface area contributed by atoms with Crippen LogP contribution in [0.3, 0.4) is 0 Å². The molecule has 3 N–H and O–H groups in total. The van der Waals surface area contributed by atoms with Crippen molar-refractivity contribution in [2.45, 2.75) is 6.42 Å². The van der Waals surface area contributed by atoms with Crippen LogP contribution in [0.15, 0.2) is 0 Å². The predicted octanol–water partition coefficient (Wildman–Crippen LogP) is -0.495. The molecule has 1 fully saturated rings. The van der Waals surface area contributed by atoms with E-state index in [9.17, 15) is 0 Å². The Bertz CT molecular complexity index is 115. The van der Waals surface area contributed by atoms with Crippen LogP contribution in [0.4, 0.5) is 0 Å². The van der Waals surface area contributed by atoms with Crippen molar-refractivity contribution in [2.75, 3.05) is 33.3 Å². The molecule has 2 atom stereocenters. The molecule has 0 saturated carbocycles. The van der Waals surface area contributed by atoms with Gasteiger partial charge in [-0.3, -0.25) is 0 Å². The van der Waals surface area contributed by atoms with Crippen LogP contribution >= 0.6 is 0 Å². The van der Waals surface area contributed by atoms with Crippen molar-refractivity contribution >= 4 is 0 Å². The maximum atomic E-state index is 8.97. The highest BCUT2D eigenvalue weighted by molar-refractivity contribution is 4.79. The van der Waals surface area contributed by atoms with E-state index in [0.29, 0.717) is 18.4 Å². The van der Waals surface area contributed by atoms with Crippen LogP contribution in [0, 0.1) is 11.8 Å². The third-order valence-corrected chi connectivity index (χ3v) is 2.63. The van der Waals surface area contributed by atoms with E-state index in [4.69, 9.17) is 10.8 Å². The smallest absolute Gasteiger partial charge is 0.0474 e. The average molecular weight is 158 g/mol. The summed E-state index contributed by atoms with van der Waals surface area (Å²) in [7, 11) is 2.12. The first-order valence-electron chi connectivity index (χ1n) is 4.27. The van der Waals surface area contributed by atoms with Gasteiger partial charge in [0.1, 0.15) is 0 Å². The zero-order valence-corrected chi connectivity index (χ0v) is 7.16. The minimum Gasteiger partial charge on any atom is -0.396 e. The predicted molar refractivity (Wildman–Crippen MR) is 45.2 cm³/mol. The molecule has 1 heterocycles. The third-order valence-electron chi connectivity index (χ3n) is 2.63. The van der Waals surface area contributed by atoms with Gasteiger partial charge in [0.2, 0.25) is 0 Å². The molecule has 3 nitrogen and oxygen atoms in total. The van der Waals surface area contributed by atoms with Crippen LogP contribution in [0.2, 0.25) is 0 Å². The molecule has 0 radical (unpaired) electrons. The van der Waals surface area contributed by atoms with Gasteiger partial charge in [0.15, 0.2) is 0 Å². The molecular formula is C8H18N2O. The van der Waals surface area contributed by atoms with Crippen molar-refractivity contribution in [2.24, 2.45) is 17.6 Å². The molecule has 0 aromatic rings. The Kier molecular flexibility index (Phi) is 3.30. The van der Waals surface area contributed by atoms with E-state index in [-0.39, 0.29) is 6.61 Å². The normalized spacial score (nSPS) is 29.2. The number of nitrogens with two attached hydrogens (primary N) is 1. The maximum Gasteiger partial charge on any atom is 0.0474 e. The van der Waals surface area contributed by atoms with Gasteiger partial charge in [-0.05, 0) is 38.4 Å². The number of nitrogens with zero attached hydrogens (tertiary/aromatic N) is 1. The summed E-state index contributed by atoms with van der Waals surface area (Å²) in [6, 6.07) is 0. The largest absolute Gasteiger partial charge is 0.396 e. The molecule has 3 heteroatoms. The van der Waals surface area contributed by atoms with Crippen LogP contribution in [0.1, 0.15) is 6.42 Å². The second kappa shape index (κ2) is 4.04. The minimum absolute atomic E-state index is 0.245. The van der Waals surface area contributed by atoms with Crippen molar-refractivity contribution in [1.29, 1.82) is 0 Å². The number of hydrogen-bond acceptors (Lipinski definition) is 3. The van der Waals surface area contributed by atoms with Crippen LogP contribution in [-0.2, 0) is 0 Å². The first-order chi connectivity index (χ1) is 5.27. The molecule has 0 aliphatic carbocycles. The number of rotatable bonds is 3. The van der Waals surface area contributed by atoms with Crippen LogP contribution in [0.25, 0.3) is 0 Å². The summed E-state index contributed by atoms with van der Waals surface area (Å²) in [5.74, 6) is 0.940. The van der Waals surface area contributed by atoms with Crippen LogP contribution < -0.4 is 5.73 Å². The molecular weight excluding hydrogens is 140 g/mol. The molecule has 1 rings (SSSR count). The second-order valence-electron chi connectivity index (χ2n) is 3.49. The summed E-state index contributed by atoms with van der Waals surface area (Å²) in [6.45, 7) is 3.12. The van der Waals surface area contributed by atoms with Gasteiger partial charge in [0.05, 0.1) is 0 Å². The number of aliphatic hydroxyl groups is 1. The standard InChI is InChI=1S/C8H18N2O/c1-10-3-2-7(5-10)8(4-9)6-11/h7-8,11H,2-6,9H2,1H3. The van der Waals surface area contributed by atoms with Gasteiger partial charge in [-0.15, -0.1) is 0 Å². The molecule has 11 heavy (non-hydrogen) atoms. The molecule has 0 spiro atoms. The Hall–Kier alpha value is -0.120. The van der Waals surface area contributed by atoms with E-state index in [2.05, 4.69) is 11.9 Å². The van der Waals surface area contributed by atoms with Crippen molar-refractivity contribution in [3.63, 3.8) is 0 Å². The number of likely N-dealkylation sites (tertiary alicyclic amines) is 1. The molecule has 0 amide bonds. The third kappa shape index (κ3) is 2.15. The van der Waals surface area contributed by atoms with Crippen molar-refractivity contribution in [3.05, 3.63) is 0 Å². The Morgan fingerprint density at radius 1 is 1.73 bits per heavy atom. The lowest BCUT2D eigenvalue weighted by atomic mass is 9.92. The van der Waals surface area contributed by atoms with Gasteiger partial charge in [-0.25, -0.2) is 0 Å². The zero-order chi connectivity index (χ0) is 8.27. The molecule has 0 aromatic heterocycles. The lowest BCUT2D eigenvalue weighted by Gasteiger charge is -2.18. The number of hydrogen-bond donors (Lipinski definition) is 2. The van der Waals surface area contributed by atoms with E-state index in [1.807, 2.05) is 0 Å². The van der Waals surface area contributed by atoms with Crippen molar-refractivity contribution < 1.29 is 5.11 Å². The molecule has 1 saturated heterocycles. The fraction of sp³-hybridized carbons (Fsp3) is 1.00. The molecule has 66 valence electrons. The average Bonchev–Trinajstić information content (AvgIpc) is 2.39. The molecule has 0 bridgehead atoms. The van der Waals surface area contributed by atoms with Crippen molar-refractivity contribution in [1.82, 2.24) is 4.90 Å². The summed E-state index contributed by atoms with van der Waals surface area (Å²) in [5, 5.41) is 8.97. The highest BCUT2D eigenvalue weighted by Gasteiger charge is 2.25. The summed E-state index contributed by atoms with van der Waals surface area (Å²) in [6.07, 6.45) is 1.19. The zero-order valence-electron chi connectivity index (χ0n) is 7.16. The van der Waals surface area contributed by atoms with Gasteiger partial charge >= 0.3 is 0 Å². The SMILES string of the molecule is CN1CCC(C(CN)CO)C1. The van der Waals surface area contributed by atoms with Gasteiger partial charge < -0.3 is 15.7 Å². The molecule has 2 unspecified atom stereocenters. The Labute approximate surface area is 68.2 Å². The van der Waals surface area contributed by atoms with Gasteiger partial charge in [0.25, 0.3) is 0 Å². The Balaban J connectivity index is 2.34. The fourth-order valence-electron chi connectivity index (χ4n) is 1.77. The fourth-order valence-corrected chi connectivity index (χ4v) is 1.77. The first-order valence-corrected chi connectivity index (χ1v) is 4.27. The van der Waals surface area contributed by atoms with E-state index in [1.54, 1.807) is 0 Å². The minimum atomic E-state index is 0.245. The van der Waals surface area contributed by atoms with E-state index in [1.165, 1.54) is 6.42 Å². The van der Waals surface area contributed by atoms with E-state index >= 15 is 0 Å². The Morgan fingerprint density at radius 2 is 2.45 bits per heavy atom. The second-order valence-corrected chi connectivity index (χ2v) is 3.49. The molecule has 1 aliphatic rings. The topological polar surface area (TPSA) is 49.5 Å². The van der Waals surface area contributed by atoms with Crippen LogP contribution in [-0.4, -0.2) is 43.3 Å². The monoisotopic (exact) mass is 158 g/mol. The lowest BCUT2D eigenvalue weighted by Crippen LogP contribution is -2.28. The number of aliphatic hydroxyl groups excluding tert-OH is 1. The van der Waals surface area contributed by atoms with Gasteiger partial charge in [0, 0.05) is 13.2 Å². The van der Waals surface area contributed by atoms with E-state index < -0.39 is 0 Å². The first kappa shape index (κ1) is 8.97. The Morgan fingerprint density at radius 3 is 2.82 bits per heavy atom. The van der Waals surface area contributed by atoms with Gasteiger partial charge in [-0.1, -0.05) is 0 Å². The van der Waals surface area contributed by atoms with Gasteiger partial charge in [-0.2, -0.15) is 0 Å². The summed E-state index contributed by atoms with van der Waals surface area (Å²) in [5.41, 5.74) is 5.53. The summed E-state index contributed by atoms with van der Waals surface area (Å²) in [4.78, 5) is 2.29. The van der Waals surface area contributed by atoms with E-state index in [0.717, 1.165) is 13.1 Å².